The Bertz CT molecular complexity index is 3380. The Kier molecular flexibility index (Phi) is 9.32. The van der Waals surface area contributed by atoms with Crippen molar-refractivity contribution in [2.75, 3.05) is 9.80 Å². The molecule has 0 radical (unpaired) electrons. The molecule has 11 aromatic rings. The van der Waals surface area contributed by atoms with Gasteiger partial charge in [-0.1, -0.05) is 158 Å². The summed E-state index contributed by atoms with van der Waals surface area (Å²) >= 11 is 0. The van der Waals surface area contributed by atoms with E-state index in [-0.39, 0.29) is 0 Å². The molecule has 0 aliphatic carbocycles. The van der Waals surface area contributed by atoms with E-state index in [1.165, 1.54) is 76.5 Å². The minimum absolute atomic E-state index is 1.10. The van der Waals surface area contributed by atoms with Crippen LogP contribution < -0.4 is 9.80 Å². The van der Waals surface area contributed by atoms with Crippen LogP contribution in [0.3, 0.4) is 0 Å². The molecule has 0 unspecified atom stereocenters. The molecular weight excluding hydrogens is 749 g/mol. The van der Waals surface area contributed by atoms with Gasteiger partial charge in [-0.3, -0.25) is 0 Å². The summed E-state index contributed by atoms with van der Waals surface area (Å²) in [7, 11) is 0. The third-order valence-electron chi connectivity index (χ3n) is 12.5. The number of anilines is 6. The largest absolute Gasteiger partial charge is 0.310 e. The predicted molar refractivity (Wildman–Crippen MR) is 266 cm³/mol. The number of aryl methyl sites for hydroxylation is 2. The van der Waals surface area contributed by atoms with Gasteiger partial charge in [-0.2, -0.15) is 0 Å². The van der Waals surface area contributed by atoms with Gasteiger partial charge in [0.2, 0.25) is 0 Å². The highest BCUT2D eigenvalue weighted by molar-refractivity contribution is 6.23. The zero-order chi connectivity index (χ0) is 41.6. The Morgan fingerprint density at radius 1 is 0.258 bits per heavy atom. The zero-order valence-corrected chi connectivity index (χ0v) is 34.8. The monoisotopic (exact) mass is 792 g/mol. The van der Waals surface area contributed by atoms with E-state index in [1.54, 1.807) is 0 Å². The first kappa shape index (κ1) is 37.1. The Labute approximate surface area is 363 Å². The summed E-state index contributed by atoms with van der Waals surface area (Å²) in [5, 5.41) is 9.70. The van der Waals surface area contributed by atoms with Crippen LogP contribution in [0, 0.1) is 13.8 Å². The van der Waals surface area contributed by atoms with Gasteiger partial charge in [-0.05, 0) is 158 Å². The lowest BCUT2D eigenvalue weighted by atomic mass is 9.84. The highest BCUT2D eigenvalue weighted by Crippen LogP contribution is 2.49. The third kappa shape index (κ3) is 6.54. The van der Waals surface area contributed by atoms with Crippen molar-refractivity contribution in [3.63, 3.8) is 0 Å². The number of fused-ring (bicyclic) bond motifs is 4. The van der Waals surface area contributed by atoms with E-state index in [2.05, 4.69) is 254 Å². The van der Waals surface area contributed by atoms with Crippen LogP contribution in [-0.4, -0.2) is 0 Å². The molecule has 0 spiro atoms. The number of benzene rings is 11. The van der Waals surface area contributed by atoms with E-state index in [0.717, 1.165) is 34.1 Å². The molecule has 0 aliphatic rings. The summed E-state index contributed by atoms with van der Waals surface area (Å²) in [5.74, 6) is 0. The van der Waals surface area contributed by atoms with Gasteiger partial charge in [0.15, 0.2) is 0 Å². The van der Waals surface area contributed by atoms with Crippen LogP contribution >= 0.6 is 0 Å². The van der Waals surface area contributed by atoms with Crippen LogP contribution in [0.5, 0.6) is 0 Å². The topological polar surface area (TPSA) is 6.48 Å². The van der Waals surface area contributed by atoms with Crippen LogP contribution in [0.15, 0.2) is 231 Å². The molecule has 0 fully saturated rings. The van der Waals surface area contributed by atoms with E-state index in [9.17, 15) is 0 Å². The second-order valence-electron chi connectivity index (χ2n) is 16.2. The molecule has 11 rings (SSSR count). The van der Waals surface area contributed by atoms with E-state index in [0.29, 0.717) is 0 Å². The van der Waals surface area contributed by atoms with Gasteiger partial charge >= 0.3 is 0 Å². The Morgan fingerprint density at radius 2 is 0.742 bits per heavy atom. The Balaban J connectivity index is 1.26. The highest BCUT2D eigenvalue weighted by atomic mass is 15.1. The standard InChI is InChI=1S/C60H44N2/c1-41-29-30-46(37-42(41)2)59-54-36-34-52(62(50-25-10-5-11-26-50)58-28-16-20-44-18-14-15-27-53(44)58)40-57(54)60(47-32-31-43-17-12-13-19-45(43)38-47)55-35-33-51(39-56(55)59)61(48-21-6-3-7-22-48)49-23-8-4-9-24-49/h3-40H,1-2H3. The SMILES string of the molecule is Cc1ccc(-c2c3ccc(N(c4ccccc4)c4cccc5ccccc45)cc3c(-c3ccc4ccccc4c3)c3ccc(N(c4ccccc4)c4ccccc4)cc23)cc1C. The molecule has 2 nitrogen and oxygen atoms in total. The van der Waals surface area contributed by atoms with Gasteiger partial charge < -0.3 is 9.80 Å². The lowest BCUT2D eigenvalue weighted by Crippen LogP contribution is -2.10. The smallest absolute Gasteiger partial charge is 0.0540 e. The summed E-state index contributed by atoms with van der Waals surface area (Å²) in [4.78, 5) is 4.79. The maximum absolute atomic E-state index is 2.44. The number of para-hydroxylation sites is 3. The summed E-state index contributed by atoms with van der Waals surface area (Å²) in [6, 6.07) is 84.3. The van der Waals surface area contributed by atoms with Gasteiger partial charge in [0.1, 0.15) is 0 Å². The number of hydrogen-bond donors (Lipinski definition) is 0. The highest BCUT2D eigenvalue weighted by Gasteiger charge is 2.23. The average molecular weight is 793 g/mol. The van der Waals surface area contributed by atoms with Crippen LogP contribution in [0.25, 0.3) is 65.3 Å². The second-order valence-corrected chi connectivity index (χ2v) is 16.2. The van der Waals surface area contributed by atoms with Crippen molar-refractivity contribution in [1.29, 1.82) is 0 Å². The maximum atomic E-state index is 2.44. The van der Waals surface area contributed by atoms with Crippen molar-refractivity contribution >= 4 is 77.2 Å². The molecule has 11 aromatic carbocycles. The molecule has 0 N–H and O–H groups in total. The first-order valence-corrected chi connectivity index (χ1v) is 21.4. The normalized spacial score (nSPS) is 11.4. The molecule has 0 saturated heterocycles. The molecule has 2 heteroatoms. The first-order chi connectivity index (χ1) is 30.6. The molecule has 0 amide bonds. The fraction of sp³-hybridized carbons (Fsp3) is 0.0333. The fourth-order valence-corrected chi connectivity index (χ4v) is 9.36. The van der Waals surface area contributed by atoms with Crippen LogP contribution in [-0.2, 0) is 0 Å². The Hall–Kier alpha value is -7.94. The van der Waals surface area contributed by atoms with Gasteiger partial charge in [0.05, 0.1) is 5.69 Å². The first-order valence-electron chi connectivity index (χ1n) is 21.4. The molecule has 0 saturated carbocycles. The van der Waals surface area contributed by atoms with Crippen LogP contribution in [0.4, 0.5) is 34.1 Å². The second kappa shape index (κ2) is 15.6. The third-order valence-corrected chi connectivity index (χ3v) is 12.5. The summed E-state index contributed by atoms with van der Waals surface area (Å²) in [5.41, 5.74) is 14.1. The van der Waals surface area contributed by atoms with Crippen LogP contribution in [0.2, 0.25) is 0 Å². The minimum atomic E-state index is 1.10. The number of rotatable bonds is 8. The predicted octanol–water partition coefficient (Wildman–Crippen LogP) is 17.2. The Morgan fingerprint density at radius 3 is 1.35 bits per heavy atom. The molecule has 0 bridgehead atoms. The van der Waals surface area contributed by atoms with Crippen molar-refractivity contribution in [1.82, 2.24) is 0 Å². The van der Waals surface area contributed by atoms with Gasteiger partial charge in [0.25, 0.3) is 0 Å². The zero-order valence-electron chi connectivity index (χ0n) is 34.8. The van der Waals surface area contributed by atoms with E-state index >= 15 is 0 Å². The molecule has 0 aromatic heterocycles. The number of hydrogen-bond acceptors (Lipinski definition) is 2. The fourth-order valence-electron chi connectivity index (χ4n) is 9.36. The summed E-state index contributed by atoms with van der Waals surface area (Å²) in [6.07, 6.45) is 0. The van der Waals surface area contributed by atoms with Crippen molar-refractivity contribution in [2.24, 2.45) is 0 Å². The number of nitrogens with zero attached hydrogens (tertiary/aromatic N) is 2. The lowest BCUT2D eigenvalue weighted by molar-refractivity contribution is 1.29. The average Bonchev–Trinajstić information content (AvgIpc) is 3.33. The van der Waals surface area contributed by atoms with Crippen LogP contribution in [0.1, 0.15) is 11.1 Å². The summed E-state index contributed by atoms with van der Waals surface area (Å²) < 4.78 is 0. The van der Waals surface area contributed by atoms with Crippen molar-refractivity contribution < 1.29 is 0 Å². The van der Waals surface area contributed by atoms with E-state index in [4.69, 9.17) is 0 Å². The van der Waals surface area contributed by atoms with Gasteiger partial charge in [-0.15, -0.1) is 0 Å². The quantitative estimate of drug-likeness (QED) is 0.141. The van der Waals surface area contributed by atoms with Crippen molar-refractivity contribution in [3.05, 3.63) is 242 Å². The van der Waals surface area contributed by atoms with Crippen molar-refractivity contribution in [3.8, 4) is 22.3 Å². The van der Waals surface area contributed by atoms with E-state index < -0.39 is 0 Å². The molecule has 0 heterocycles. The minimum Gasteiger partial charge on any atom is -0.310 e. The van der Waals surface area contributed by atoms with Crippen molar-refractivity contribution in [2.45, 2.75) is 13.8 Å². The summed E-state index contributed by atoms with van der Waals surface area (Å²) in [6.45, 7) is 4.43. The maximum Gasteiger partial charge on any atom is 0.0540 e. The lowest BCUT2D eigenvalue weighted by Gasteiger charge is -2.29. The molecule has 294 valence electrons. The van der Waals surface area contributed by atoms with Gasteiger partial charge in [0, 0.05) is 33.8 Å². The molecule has 0 atom stereocenters. The molecule has 62 heavy (non-hydrogen) atoms. The molecular formula is C60H44N2. The van der Waals surface area contributed by atoms with Gasteiger partial charge in [-0.25, -0.2) is 0 Å². The molecule has 0 aliphatic heterocycles. The van der Waals surface area contributed by atoms with E-state index in [1.807, 2.05) is 0 Å².